The van der Waals surface area contributed by atoms with E-state index in [9.17, 15) is 9.59 Å². The smallest absolute Gasteiger partial charge is 0.329 e. The lowest BCUT2D eigenvalue weighted by molar-refractivity contribution is -0.139. The molecule has 2 aromatic rings. The molecule has 1 aliphatic carbocycles. The minimum atomic E-state index is -0.722. The van der Waals surface area contributed by atoms with Crippen molar-refractivity contribution in [3.63, 3.8) is 0 Å². The van der Waals surface area contributed by atoms with E-state index in [1.165, 1.54) is 12.8 Å². The van der Waals surface area contributed by atoms with Crippen molar-refractivity contribution in [3.05, 3.63) is 48.0 Å². The average molecular weight is 337 g/mol. The van der Waals surface area contributed by atoms with Crippen LogP contribution < -0.4 is 10.7 Å². The number of amides is 2. The van der Waals surface area contributed by atoms with Crippen LogP contribution in [-0.4, -0.2) is 24.1 Å². The molecule has 0 bridgehead atoms. The summed E-state index contributed by atoms with van der Waals surface area (Å²) in [6, 6.07) is 13.9. The van der Waals surface area contributed by atoms with Crippen molar-refractivity contribution >= 4 is 28.8 Å². The Morgan fingerprint density at radius 1 is 0.920 bits per heavy atom. The molecule has 1 aliphatic rings. The van der Waals surface area contributed by atoms with Crippen molar-refractivity contribution in [2.45, 2.75) is 44.6 Å². The van der Waals surface area contributed by atoms with Crippen LogP contribution in [0.4, 0.5) is 0 Å². The van der Waals surface area contributed by atoms with E-state index in [1.54, 1.807) is 6.21 Å². The van der Waals surface area contributed by atoms with E-state index in [0.29, 0.717) is 0 Å². The van der Waals surface area contributed by atoms with Gasteiger partial charge in [-0.05, 0) is 23.6 Å². The lowest BCUT2D eigenvalue weighted by Gasteiger charge is -2.15. The second-order valence-corrected chi connectivity index (χ2v) is 6.43. The second-order valence-electron chi connectivity index (χ2n) is 6.43. The molecule has 5 nitrogen and oxygen atoms in total. The molecular formula is C20H23N3O2. The standard InChI is InChI=1S/C20H23N3O2/c24-19(22-17-11-3-1-2-4-12-17)20(25)23-21-14-16-10-7-9-15-8-5-6-13-18(15)16/h5-10,13-14,17H,1-4,11-12H2,(H,22,24)(H,23,25)/b21-14-. The van der Waals surface area contributed by atoms with Gasteiger partial charge in [0, 0.05) is 11.6 Å². The Balaban J connectivity index is 1.57. The minimum absolute atomic E-state index is 0.0998. The number of nitrogens with zero attached hydrogens (tertiary/aromatic N) is 1. The number of hydrazone groups is 1. The minimum Gasteiger partial charge on any atom is -0.345 e. The Kier molecular flexibility index (Phi) is 5.77. The molecular weight excluding hydrogens is 314 g/mol. The SMILES string of the molecule is O=C(N/N=C\c1cccc2ccccc12)C(=O)NC1CCCCCC1. The summed E-state index contributed by atoms with van der Waals surface area (Å²) < 4.78 is 0. The molecule has 3 rings (SSSR count). The lowest BCUT2D eigenvalue weighted by Crippen LogP contribution is -2.43. The van der Waals surface area contributed by atoms with Crippen LogP contribution in [0, 0.1) is 0 Å². The fraction of sp³-hybridized carbons (Fsp3) is 0.350. The van der Waals surface area contributed by atoms with Gasteiger partial charge in [-0.3, -0.25) is 9.59 Å². The number of fused-ring (bicyclic) bond motifs is 1. The van der Waals surface area contributed by atoms with Crippen LogP contribution in [0.15, 0.2) is 47.6 Å². The Labute approximate surface area is 147 Å². The molecule has 0 aliphatic heterocycles. The highest BCUT2D eigenvalue weighted by Crippen LogP contribution is 2.17. The van der Waals surface area contributed by atoms with E-state index >= 15 is 0 Å². The van der Waals surface area contributed by atoms with Gasteiger partial charge in [0.15, 0.2) is 0 Å². The summed E-state index contributed by atoms with van der Waals surface area (Å²) in [7, 11) is 0. The van der Waals surface area contributed by atoms with Gasteiger partial charge in [0.05, 0.1) is 6.21 Å². The van der Waals surface area contributed by atoms with Gasteiger partial charge in [-0.2, -0.15) is 5.10 Å². The van der Waals surface area contributed by atoms with Crippen LogP contribution in [0.25, 0.3) is 10.8 Å². The Morgan fingerprint density at radius 2 is 1.64 bits per heavy atom. The highest BCUT2D eigenvalue weighted by atomic mass is 16.2. The Bertz CT molecular complexity index is 772. The maximum absolute atomic E-state index is 12.0. The van der Waals surface area contributed by atoms with Crippen LogP contribution in [-0.2, 0) is 9.59 Å². The van der Waals surface area contributed by atoms with Crippen molar-refractivity contribution in [2.24, 2.45) is 5.10 Å². The molecule has 0 radical (unpaired) electrons. The van der Waals surface area contributed by atoms with E-state index in [2.05, 4.69) is 15.8 Å². The van der Waals surface area contributed by atoms with Gasteiger partial charge < -0.3 is 5.32 Å². The first-order valence-corrected chi connectivity index (χ1v) is 8.86. The first kappa shape index (κ1) is 17.1. The number of nitrogens with one attached hydrogen (secondary N) is 2. The summed E-state index contributed by atoms with van der Waals surface area (Å²) in [5, 5.41) is 8.90. The fourth-order valence-corrected chi connectivity index (χ4v) is 3.25. The van der Waals surface area contributed by atoms with Crippen LogP contribution in [0.1, 0.15) is 44.1 Å². The normalized spacial score (nSPS) is 15.8. The first-order chi connectivity index (χ1) is 12.2. The van der Waals surface area contributed by atoms with Gasteiger partial charge in [0.25, 0.3) is 0 Å². The lowest BCUT2D eigenvalue weighted by atomic mass is 10.1. The molecule has 1 fully saturated rings. The van der Waals surface area contributed by atoms with Crippen molar-refractivity contribution < 1.29 is 9.59 Å². The first-order valence-electron chi connectivity index (χ1n) is 8.86. The third-order valence-corrected chi connectivity index (χ3v) is 4.59. The van der Waals surface area contributed by atoms with E-state index < -0.39 is 11.8 Å². The Morgan fingerprint density at radius 3 is 2.44 bits per heavy atom. The van der Waals surface area contributed by atoms with Crippen LogP contribution in [0.2, 0.25) is 0 Å². The van der Waals surface area contributed by atoms with E-state index in [-0.39, 0.29) is 6.04 Å². The van der Waals surface area contributed by atoms with Crippen LogP contribution in [0.5, 0.6) is 0 Å². The number of hydrogen-bond donors (Lipinski definition) is 2. The van der Waals surface area contributed by atoms with Crippen molar-refractivity contribution in [3.8, 4) is 0 Å². The Hall–Kier alpha value is -2.69. The molecule has 0 saturated heterocycles. The number of hydrogen-bond acceptors (Lipinski definition) is 3. The third kappa shape index (κ3) is 4.66. The monoisotopic (exact) mass is 337 g/mol. The fourth-order valence-electron chi connectivity index (χ4n) is 3.25. The van der Waals surface area contributed by atoms with E-state index in [1.807, 2.05) is 42.5 Å². The summed E-state index contributed by atoms with van der Waals surface area (Å²) in [6.07, 6.45) is 8.06. The molecule has 5 heteroatoms. The molecule has 1 saturated carbocycles. The average Bonchev–Trinajstić information content (AvgIpc) is 2.90. The molecule has 0 atom stereocenters. The summed E-state index contributed by atoms with van der Waals surface area (Å²) in [6.45, 7) is 0. The van der Waals surface area contributed by atoms with Crippen molar-refractivity contribution in [1.29, 1.82) is 0 Å². The molecule has 2 aromatic carbocycles. The van der Waals surface area contributed by atoms with E-state index in [0.717, 1.165) is 42.0 Å². The number of rotatable bonds is 3. The molecule has 2 N–H and O–H groups in total. The predicted molar refractivity (Wildman–Crippen MR) is 99.3 cm³/mol. The summed E-state index contributed by atoms with van der Waals surface area (Å²) in [5.41, 5.74) is 3.21. The van der Waals surface area contributed by atoms with Gasteiger partial charge in [-0.25, -0.2) is 5.43 Å². The van der Waals surface area contributed by atoms with Gasteiger partial charge in [0.1, 0.15) is 0 Å². The van der Waals surface area contributed by atoms with Crippen LogP contribution in [0.3, 0.4) is 0 Å². The zero-order chi connectivity index (χ0) is 17.5. The van der Waals surface area contributed by atoms with Gasteiger partial charge in [-0.1, -0.05) is 68.1 Å². The van der Waals surface area contributed by atoms with Crippen molar-refractivity contribution in [1.82, 2.24) is 10.7 Å². The molecule has 0 spiro atoms. The summed E-state index contributed by atoms with van der Waals surface area (Å²) >= 11 is 0. The zero-order valence-corrected chi connectivity index (χ0v) is 14.2. The maximum atomic E-state index is 12.0. The topological polar surface area (TPSA) is 70.6 Å². The zero-order valence-electron chi connectivity index (χ0n) is 14.2. The highest BCUT2D eigenvalue weighted by Gasteiger charge is 2.19. The highest BCUT2D eigenvalue weighted by molar-refractivity contribution is 6.35. The molecule has 0 heterocycles. The van der Waals surface area contributed by atoms with Gasteiger partial charge in [0.2, 0.25) is 0 Å². The molecule has 0 aromatic heterocycles. The van der Waals surface area contributed by atoms with Crippen molar-refractivity contribution in [2.75, 3.05) is 0 Å². The molecule has 0 unspecified atom stereocenters. The predicted octanol–water partition coefficient (Wildman–Crippen LogP) is 3.13. The number of carbonyl (C=O) groups excluding carboxylic acids is 2. The van der Waals surface area contributed by atoms with Gasteiger partial charge in [-0.15, -0.1) is 0 Å². The third-order valence-electron chi connectivity index (χ3n) is 4.59. The quantitative estimate of drug-likeness (QED) is 0.391. The molecule has 130 valence electrons. The van der Waals surface area contributed by atoms with Gasteiger partial charge >= 0.3 is 11.8 Å². The summed E-state index contributed by atoms with van der Waals surface area (Å²) in [5.74, 6) is -1.33. The maximum Gasteiger partial charge on any atom is 0.329 e. The van der Waals surface area contributed by atoms with E-state index in [4.69, 9.17) is 0 Å². The molecule has 2 amide bonds. The number of carbonyl (C=O) groups is 2. The largest absolute Gasteiger partial charge is 0.345 e. The summed E-state index contributed by atoms with van der Waals surface area (Å²) in [4.78, 5) is 23.9. The second kappa shape index (κ2) is 8.42. The van der Waals surface area contributed by atoms with Crippen LogP contribution >= 0.6 is 0 Å². The molecule has 25 heavy (non-hydrogen) atoms. The number of benzene rings is 2.